The Kier molecular flexibility index (Phi) is 5.55. The monoisotopic (exact) mass is 410 g/mol. The van der Waals surface area contributed by atoms with Gasteiger partial charge in [-0.3, -0.25) is 5.01 Å². The van der Waals surface area contributed by atoms with Crippen LogP contribution < -0.4 is 9.64 Å². The molecule has 0 bridgehead atoms. The van der Waals surface area contributed by atoms with Gasteiger partial charge in [-0.05, 0) is 29.3 Å². The number of fused-ring (bicyclic) bond motifs is 3. The molecule has 3 aromatic rings. The van der Waals surface area contributed by atoms with Crippen LogP contribution in [0.25, 0.3) is 17.2 Å². The molecule has 1 heterocycles. The number of hydrazone groups is 1. The van der Waals surface area contributed by atoms with Crippen molar-refractivity contribution in [2.45, 2.75) is 6.04 Å². The molecule has 1 aliphatic heterocycles. The Morgan fingerprint density at radius 3 is 2.16 bits per heavy atom. The minimum Gasteiger partial charge on any atom is -0.496 e. The summed E-state index contributed by atoms with van der Waals surface area (Å²) in [6, 6.07) is 26.2. The van der Waals surface area contributed by atoms with E-state index in [4.69, 9.17) is 4.74 Å². The van der Waals surface area contributed by atoms with E-state index in [0.29, 0.717) is 6.04 Å². The van der Waals surface area contributed by atoms with Crippen LogP contribution in [0.15, 0.2) is 84.0 Å². The standard InChI is InChI=1S/C27H27N3O/c1-31-26-15-7-2-9-21(26)10-8-16-28-30-19-17-29(18-20-30)27-24-13-5-3-11-22(24)23-12-4-6-14-25(23)27/h2-16,27H,17-20H2,1H3/p+1/b10-8+,28-16-. The number of hydrogen-bond acceptors (Lipinski definition) is 3. The Labute approximate surface area is 184 Å². The first-order valence-corrected chi connectivity index (χ1v) is 11.0. The Hall–Kier alpha value is -3.37. The van der Waals surface area contributed by atoms with E-state index < -0.39 is 0 Å². The molecule has 1 fully saturated rings. The van der Waals surface area contributed by atoms with Gasteiger partial charge in [0, 0.05) is 22.9 Å². The normalized spacial score (nSPS) is 16.7. The number of methoxy groups -OCH3 is 1. The SMILES string of the molecule is COc1ccccc1/C=C/C=N\N1CC[NH+](C2c3ccccc3-c3ccccc32)CC1. The van der Waals surface area contributed by atoms with Crippen molar-refractivity contribution in [3.05, 3.63) is 95.6 Å². The lowest BCUT2D eigenvalue weighted by Gasteiger charge is -2.34. The van der Waals surface area contributed by atoms with Crippen LogP contribution >= 0.6 is 0 Å². The van der Waals surface area contributed by atoms with Crippen molar-refractivity contribution < 1.29 is 9.64 Å². The van der Waals surface area contributed by atoms with Gasteiger partial charge in [0.1, 0.15) is 11.8 Å². The number of hydrogen-bond donors (Lipinski definition) is 1. The summed E-state index contributed by atoms with van der Waals surface area (Å²) >= 11 is 0. The highest BCUT2D eigenvalue weighted by atomic mass is 16.5. The second-order valence-electron chi connectivity index (χ2n) is 8.09. The van der Waals surface area contributed by atoms with Gasteiger partial charge in [-0.25, -0.2) is 0 Å². The third kappa shape index (κ3) is 3.87. The lowest BCUT2D eigenvalue weighted by molar-refractivity contribution is -0.929. The predicted octanol–water partition coefficient (Wildman–Crippen LogP) is 3.66. The first kappa shape index (κ1) is 19.6. The first-order valence-electron chi connectivity index (χ1n) is 11.0. The van der Waals surface area contributed by atoms with Crippen LogP contribution in [0.4, 0.5) is 0 Å². The number of para-hydroxylation sites is 1. The van der Waals surface area contributed by atoms with E-state index in [9.17, 15) is 0 Å². The second kappa shape index (κ2) is 8.78. The van der Waals surface area contributed by atoms with E-state index in [2.05, 4.69) is 58.6 Å². The third-order valence-electron chi connectivity index (χ3n) is 6.35. The molecule has 2 aliphatic rings. The van der Waals surface area contributed by atoms with E-state index in [-0.39, 0.29) is 0 Å². The predicted molar refractivity (Wildman–Crippen MR) is 127 cm³/mol. The second-order valence-corrected chi connectivity index (χ2v) is 8.09. The summed E-state index contributed by atoms with van der Waals surface area (Å²) < 4.78 is 5.39. The molecule has 0 aromatic heterocycles. The molecule has 3 aromatic carbocycles. The molecule has 0 saturated carbocycles. The zero-order valence-corrected chi connectivity index (χ0v) is 17.9. The van der Waals surface area contributed by atoms with E-state index in [1.165, 1.54) is 22.3 Å². The Balaban J connectivity index is 1.24. The molecule has 4 nitrogen and oxygen atoms in total. The number of nitrogens with zero attached hydrogens (tertiary/aromatic N) is 2. The molecule has 5 rings (SSSR count). The topological polar surface area (TPSA) is 29.3 Å². The smallest absolute Gasteiger partial charge is 0.140 e. The van der Waals surface area contributed by atoms with Crippen LogP contribution in [0, 0.1) is 0 Å². The maximum atomic E-state index is 5.39. The Bertz CT molecular complexity index is 1070. The van der Waals surface area contributed by atoms with Crippen molar-refractivity contribution in [3.8, 4) is 16.9 Å². The van der Waals surface area contributed by atoms with E-state index in [1.54, 1.807) is 12.0 Å². The van der Waals surface area contributed by atoms with E-state index >= 15 is 0 Å². The number of nitrogens with one attached hydrogen (secondary N) is 1. The minimum atomic E-state index is 0.434. The summed E-state index contributed by atoms with van der Waals surface area (Å²) in [5.74, 6) is 0.876. The number of benzene rings is 3. The third-order valence-corrected chi connectivity index (χ3v) is 6.35. The van der Waals surface area contributed by atoms with Crippen LogP contribution in [0.3, 0.4) is 0 Å². The molecule has 0 atom stereocenters. The number of allylic oxidation sites excluding steroid dienone is 1. The fraction of sp³-hybridized carbons (Fsp3) is 0.222. The molecule has 0 radical (unpaired) electrons. The quantitative estimate of drug-likeness (QED) is 0.651. The van der Waals surface area contributed by atoms with Gasteiger partial charge in [0.2, 0.25) is 0 Å². The fourth-order valence-electron chi connectivity index (χ4n) is 4.87. The van der Waals surface area contributed by atoms with Crippen molar-refractivity contribution in [3.63, 3.8) is 0 Å². The van der Waals surface area contributed by atoms with Gasteiger partial charge in [-0.15, -0.1) is 0 Å². The molecule has 0 spiro atoms. The van der Waals surface area contributed by atoms with Gasteiger partial charge in [0.05, 0.1) is 33.3 Å². The molecule has 1 saturated heterocycles. The van der Waals surface area contributed by atoms with E-state index in [1.807, 2.05) is 42.6 Å². The maximum Gasteiger partial charge on any atom is 0.140 e. The minimum absolute atomic E-state index is 0.434. The van der Waals surface area contributed by atoms with Crippen LogP contribution in [-0.2, 0) is 0 Å². The van der Waals surface area contributed by atoms with Crippen LogP contribution in [0.5, 0.6) is 5.75 Å². The van der Waals surface area contributed by atoms with Gasteiger partial charge in [-0.2, -0.15) is 5.10 Å². The summed E-state index contributed by atoms with van der Waals surface area (Å²) in [4.78, 5) is 1.63. The molecule has 1 aliphatic carbocycles. The largest absolute Gasteiger partial charge is 0.496 e. The van der Waals surface area contributed by atoms with Gasteiger partial charge >= 0.3 is 0 Å². The summed E-state index contributed by atoms with van der Waals surface area (Å²) in [5, 5.41) is 6.85. The maximum absolute atomic E-state index is 5.39. The van der Waals surface area contributed by atoms with Crippen LogP contribution in [0.1, 0.15) is 22.7 Å². The lowest BCUT2D eigenvalue weighted by atomic mass is 10.0. The number of quaternary nitrogens is 1. The average molecular weight is 411 g/mol. The molecule has 156 valence electrons. The average Bonchev–Trinajstić information content (AvgIpc) is 3.17. The van der Waals surface area contributed by atoms with Crippen molar-refractivity contribution >= 4 is 12.3 Å². The van der Waals surface area contributed by atoms with Crippen molar-refractivity contribution in [1.82, 2.24) is 5.01 Å². The molecule has 4 heteroatoms. The van der Waals surface area contributed by atoms with Crippen LogP contribution in [-0.4, -0.2) is 44.5 Å². The number of rotatable bonds is 5. The zero-order valence-electron chi connectivity index (χ0n) is 17.9. The summed E-state index contributed by atoms with van der Waals surface area (Å²) in [7, 11) is 1.70. The Morgan fingerprint density at radius 1 is 0.871 bits per heavy atom. The fourth-order valence-corrected chi connectivity index (χ4v) is 4.87. The lowest BCUT2D eigenvalue weighted by Crippen LogP contribution is -3.14. The van der Waals surface area contributed by atoms with Crippen molar-refractivity contribution in [2.75, 3.05) is 33.3 Å². The molecule has 0 amide bonds. The van der Waals surface area contributed by atoms with Gasteiger partial charge in [0.25, 0.3) is 0 Å². The first-order chi connectivity index (χ1) is 15.3. The molecule has 31 heavy (non-hydrogen) atoms. The summed E-state index contributed by atoms with van der Waals surface area (Å²) in [5.41, 5.74) is 6.80. The molecular weight excluding hydrogens is 382 g/mol. The van der Waals surface area contributed by atoms with E-state index in [0.717, 1.165) is 37.5 Å². The molecule has 0 unspecified atom stereocenters. The van der Waals surface area contributed by atoms with Crippen LogP contribution in [0.2, 0.25) is 0 Å². The Morgan fingerprint density at radius 2 is 1.48 bits per heavy atom. The highest BCUT2D eigenvalue weighted by molar-refractivity contribution is 5.79. The summed E-state index contributed by atoms with van der Waals surface area (Å²) in [6.07, 6.45) is 5.91. The van der Waals surface area contributed by atoms with Crippen molar-refractivity contribution in [2.24, 2.45) is 5.10 Å². The highest BCUT2D eigenvalue weighted by Crippen LogP contribution is 2.41. The van der Waals surface area contributed by atoms with Gasteiger partial charge in [-0.1, -0.05) is 66.7 Å². The van der Waals surface area contributed by atoms with Gasteiger partial charge < -0.3 is 9.64 Å². The van der Waals surface area contributed by atoms with Gasteiger partial charge in [0.15, 0.2) is 0 Å². The zero-order chi connectivity index (χ0) is 21.0. The number of piperazine rings is 1. The number of ether oxygens (including phenoxy) is 1. The highest BCUT2D eigenvalue weighted by Gasteiger charge is 2.37. The van der Waals surface area contributed by atoms with Crippen molar-refractivity contribution in [1.29, 1.82) is 0 Å². The molecular formula is C27H28N3O+. The summed E-state index contributed by atoms with van der Waals surface area (Å²) in [6.45, 7) is 4.10. The molecule has 1 N–H and O–H groups in total.